The van der Waals surface area contributed by atoms with Gasteiger partial charge in [0.1, 0.15) is 6.10 Å². The number of likely N-dealkylation sites (tertiary alicyclic amines) is 1. The second-order valence-corrected chi connectivity index (χ2v) is 9.99. The molecule has 1 aromatic carbocycles. The second kappa shape index (κ2) is 9.15. The van der Waals surface area contributed by atoms with E-state index in [1.807, 2.05) is 0 Å². The largest absolute Gasteiger partial charge is 0.462 e. The molecular weight excluding hydrogens is 408 g/mol. The van der Waals surface area contributed by atoms with Crippen molar-refractivity contribution >= 4 is 29.3 Å². The number of ether oxygens (including phenoxy) is 1. The fraction of sp³-hybridized carbons (Fsp3) is 0.654. The molecule has 3 aliphatic rings. The van der Waals surface area contributed by atoms with Crippen LogP contribution in [-0.4, -0.2) is 40.7 Å². The predicted octanol–water partition coefficient (Wildman–Crippen LogP) is 5.87. The van der Waals surface area contributed by atoms with E-state index in [4.69, 9.17) is 4.74 Å². The molecule has 1 unspecified atom stereocenters. The van der Waals surface area contributed by atoms with Gasteiger partial charge in [-0.15, -0.1) is 12.4 Å². The number of esters is 1. The Morgan fingerprint density at radius 3 is 2.68 bits per heavy atom. The maximum absolute atomic E-state index is 13.1. The number of halogens is 1. The van der Waals surface area contributed by atoms with Crippen molar-refractivity contribution in [2.24, 2.45) is 5.92 Å². The number of likely N-dealkylation sites (N-methyl/N-ethyl adjacent to an activating group) is 1. The molecule has 2 aromatic rings. The summed E-state index contributed by atoms with van der Waals surface area (Å²) in [5, 5.41) is 1.45. The van der Waals surface area contributed by atoms with Gasteiger partial charge in [-0.2, -0.15) is 0 Å². The summed E-state index contributed by atoms with van der Waals surface area (Å²) in [6.07, 6.45) is 10.3. The Hall–Kier alpha value is -1.52. The highest BCUT2D eigenvalue weighted by Gasteiger charge is 2.43. The van der Waals surface area contributed by atoms with Crippen molar-refractivity contribution in [3.63, 3.8) is 0 Å². The first-order valence-electron chi connectivity index (χ1n) is 12.1. The lowest BCUT2D eigenvalue weighted by Crippen LogP contribution is -2.51. The van der Waals surface area contributed by atoms with Crippen molar-refractivity contribution in [3.05, 3.63) is 35.5 Å². The van der Waals surface area contributed by atoms with Crippen LogP contribution in [0.3, 0.4) is 0 Å². The van der Waals surface area contributed by atoms with Crippen LogP contribution in [0, 0.1) is 5.92 Å². The number of benzene rings is 1. The van der Waals surface area contributed by atoms with Gasteiger partial charge >= 0.3 is 5.97 Å². The normalized spacial score (nSPS) is 26.5. The van der Waals surface area contributed by atoms with Gasteiger partial charge in [0.2, 0.25) is 0 Å². The van der Waals surface area contributed by atoms with Gasteiger partial charge in [0.25, 0.3) is 0 Å². The van der Waals surface area contributed by atoms with E-state index in [2.05, 4.69) is 54.6 Å². The lowest BCUT2D eigenvalue weighted by Gasteiger charge is -2.46. The van der Waals surface area contributed by atoms with Crippen LogP contribution >= 0.6 is 12.4 Å². The molecule has 2 aliphatic carbocycles. The molecule has 1 saturated heterocycles. The molecule has 1 aliphatic heterocycles. The highest BCUT2D eigenvalue weighted by Crippen LogP contribution is 2.46. The summed E-state index contributed by atoms with van der Waals surface area (Å²) in [6, 6.07) is 7.74. The molecule has 0 bridgehead atoms. The molecule has 2 heterocycles. The summed E-state index contributed by atoms with van der Waals surface area (Å²) >= 11 is 0. The van der Waals surface area contributed by atoms with Gasteiger partial charge in [-0.05, 0) is 76.1 Å². The molecule has 1 aromatic heterocycles. The number of rotatable bonds is 4. The van der Waals surface area contributed by atoms with Crippen molar-refractivity contribution in [1.82, 2.24) is 9.47 Å². The Labute approximate surface area is 192 Å². The van der Waals surface area contributed by atoms with Crippen LogP contribution in [0.4, 0.5) is 0 Å². The Morgan fingerprint density at radius 2 is 1.97 bits per heavy atom. The first kappa shape index (κ1) is 22.7. The van der Waals surface area contributed by atoms with Crippen molar-refractivity contribution in [2.45, 2.75) is 89.8 Å². The van der Waals surface area contributed by atoms with Gasteiger partial charge < -0.3 is 9.30 Å². The van der Waals surface area contributed by atoms with Crippen LogP contribution in [0.2, 0.25) is 0 Å². The van der Waals surface area contributed by atoms with E-state index in [-0.39, 0.29) is 30.4 Å². The molecule has 0 N–H and O–H groups in total. The van der Waals surface area contributed by atoms with E-state index < -0.39 is 0 Å². The van der Waals surface area contributed by atoms with Crippen molar-refractivity contribution < 1.29 is 9.53 Å². The van der Waals surface area contributed by atoms with Gasteiger partial charge in [0.15, 0.2) is 0 Å². The minimum absolute atomic E-state index is 0. The number of carbonyl (C=O) groups excluding carboxylic acids is 1. The molecule has 3 atom stereocenters. The zero-order chi connectivity index (χ0) is 20.8. The van der Waals surface area contributed by atoms with Gasteiger partial charge in [-0.25, -0.2) is 0 Å². The molecule has 31 heavy (non-hydrogen) atoms. The SMILES string of the molecule is CCN1C[C@H](C(=O)OC2CCCCC2)CC2c3cccc4c3c(cn4C(C)C)C[C@H]21.Cl. The van der Waals surface area contributed by atoms with Crippen LogP contribution in [0.15, 0.2) is 24.4 Å². The quantitative estimate of drug-likeness (QED) is 0.553. The zero-order valence-corrected chi connectivity index (χ0v) is 20.0. The molecule has 2 fully saturated rings. The number of aromatic nitrogens is 1. The van der Waals surface area contributed by atoms with E-state index in [1.54, 1.807) is 0 Å². The maximum Gasteiger partial charge on any atom is 0.310 e. The highest BCUT2D eigenvalue weighted by atomic mass is 35.5. The summed E-state index contributed by atoms with van der Waals surface area (Å²) in [4.78, 5) is 15.7. The molecule has 1 saturated carbocycles. The third kappa shape index (κ3) is 4.02. The fourth-order valence-electron chi connectivity index (χ4n) is 6.34. The van der Waals surface area contributed by atoms with Gasteiger partial charge in [-0.1, -0.05) is 25.5 Å². The molecule has 0 amide bonds. The smallest absolute Gasteiger partial charge is 0.310 e. The Bertz CT molecular complexity index is 931. The van der Waals surface area contributed by atoms with Crippen LogP contribution in [-0.2, 0) is 16.0 Å². The van der Waals surface area contributed by atoms with Crippen LogP contribution in [0.5, 0.6) is 0 Å². The molecule has 0 radical (unpaired) electrons. The molecule has 5 rings (SSSR count). The van der Waals surface area contributed by atoms with Gasteiger partial charge in [0.05, 0.1) is 5.92 Å². The van der Waals surface area contributed by atoms with Crippen molar-refractivity contribution in [1.29, 1.82) is 0 Å². The number of fused-ring (bicyclic) bond motifs is 2. The van der Waals surface area contributed by atoms with Crippen LogP contribution in [0.1, 0.15) is 82.4 Å². The maximum atomic E-state index is 13.1. The Morgan fingerprint density at radius 1 is 1.19 bits per heavy atom. The van der Waals surface area contributed by atoms with Crippen LogP contribution in [0.25, 0.3) is 10.9 Å². The monoisotopic (exact) mass is 444 g/mol. The molecule has 5 heteroatoms. The lowest BCUT2D eigenvalue weighted by atomic mass is 9.72. The highest BCUT2D eigenvalue weighted by molar-refractivity contribution is 5.89. The summed E-state index contributed by atoms with van der Waals surface area (Å²) in [6.45, 7) is 8.60. The molecular formula is C26H37ClN2O2. The number of hydrogen-bond donors (Lipinski definition) is 0. The number of carbonyl (C=O) groups is 1. The molecule has 170 valence electrons. The summed E-state index contributed by atoms with van der Waals surface area (Å²) in [7, 11) is 0. The fourth-order valence-corrected chi connectivity index (χ4v) is 6.34. The van der Waals surface area contributed by atoms with Crippen LogP contribution < -0.4 is 0 Å². The molecule has 4 nitrogen and oxygen atoms in total. The lowest BCUT2D eigenvalue weighted by molar-refractivity contribution is -0.158. The van der Waals surface area contributed by atoms with E-state index in [9.17, 15) is 4.79 Å². The number of piperidine rings is 1. The average molecular weight is 445 g/mol. The Kier molecular flexibility index (Phi) is 6.69. The summed E-state index contributed by atoms with van der Waals surface area (Å²) in [5.74, 6) is 0.468. The zero-order valence-electron chi connectivity index (χ0n) is 19.2. The van der Waals surface area contributed by atoms with Crippen molar-refractivity contribution in [3.8, 4) is 0 Å². The summed E-state index contributed by atoms with van der Waals surface area (Å²) < 4.78 is 8.44. The molecule has 0 spiro atoms. The van der Waals surface area contributed by atoms with Gasteiger partial charge in [0, 0.05) is 41.6 Å². The predicted molar refractivity (Wildman–Crippen MR) is 128 cm³/mol. The Balaban J connectivity index is 0.00000231. The summed E-state index contributed by atoms with van der Waals surface area (Å²) in [5.41, 5.74) is 4.29. The van der Waals surface area contributed by atoms with E-state index in [0.29, 0.717) is 18.0 Å². The number of nitrogens with zero attached hydrogens (tertiary/aromatic N) is 2. The first-order valence-corrected chi connectivity index (χ1v) is 12.1. The van der Waals surface area contributed by atoms with E-state index >= 15 is 0 Å². The van der Waals surface area contributed by atoms with Crippen molar-refractivity contribution in [2.75, 3.05) is 13.1 Å². The minimum atomic E-state index is -0.00267. The van der Waals surface area contributed by atoms with E-state index in [1.165, 1.54) is 41.3 Å². The van der Waals surface area contributed by atoms with E-state index in [0.717, 1.165) is 38.8 Å². The van der Waals surface area contributed by atoms with Gasteiger partial charge in [-0.3, -0.25) is 9.69 Å². The first-order chi connectivity index (χ1) is 14.6. The third-order valence-corrected chi connectivity index (χ3v) is 7.86. The number of hydrogen-bond acceptors (Lipinski definition) is 3. The topological polar surface area (TPSA) is 34.5 Å². The second-order valence-electron chi connectivity index (χ2n) is 9.99. The minimum Gasteiger partial charge on any atom is -0.462 e. The standard InChI is InChI=1S/C26H36N2O2.ClH/c1-4-27-15-19(26(29)30-20-9-6-5-7-10-20)13-22-21-11-8-12-23-25(21)18(14-24(22)27)16-28(23)17(2)3;/h8,11-12,16-17,19-20,22,24H,4-7,9-10,13-15H2,1-3H3;1H/t19-,22?,24-;/m1./s1. The third-order valence-electron chi connectivity index (χ3n) is 7.86. The average Bonchev–Trinajstić information content (AvgIpc) is 3.14.